The molecule has 0 spiro atoms. The molecule has 5 heteroatoms. The number of rotatable bonds is 8. The van der Waals surface area contributed by atoms with Crippen LogP contribution in [0.25, 0.3) is 0 Å². The second-order valence-electron chi connectivity index (χ2n) is 3.47. The van der Waals surface area contributed by atoms with Crippen molar-refractivity contribution in [1.82, 2.24) is 0 Å². The molecule has 0 aliphatic heterocycles. The molecule has 0 aromatic carbocycles. The molecule has 0 saturated heterocycles. The van der Waals surface area contributed by atoms with Gasteiger partial charge in [-0.2, -0.15) is 0 Å². The van der Waals surface area contributed by atoms with Crippen LogP contribution in [0.15, 0.2) is 12.2 Å². The molecule has 0 amide bonds. The molecule has 2 radical (unpaired) electrons. The van der Waals surface area contributed by atoms with E-state index in [0.717, 1.165) is 0 Å². The molecule has 0 fully saturated rings. The Morgan fingerprint density at radius 2 is 1.29 bits per heavy atom. The van der Waals surface area contributed by atoms with Crippen LogP contribution in [0.3, 0.4) is 0 Å². The maximum absolute atomic E-state index is 9.55. The van der Waals surface area contributed by atoms with Crippen molar-refractivity contribution >= 4 is 33.1 Å². The number of hydrogen-bond donors (Lipinski definition) is 2. The van der Waals surface area contributed by atoms with Gasteiger partial charge in [0.1, 0.15) is 0 Å². The van der Waals surface area contributed by atoms with E-state index in [-0.39, 0.29) is 21.1 Å². The maximum atomic E-state index is 9.55. The van der Waals surface area contributed by atoms with Crippen LogP contribution in [-0.2, 0) is 9.59 Å². The van der Waals surface area contributed by atoms with Crippen LogP contribution in [-0.4, -0.2) is 43.3 Å². The van der Waals surface area contributed by atoms with Crippen molar-refractivity contribution in [2.24, 2.45) is 0 Å². The average molecular weight is 349 g/mol. The van der Waals surface area contributed by atoms with Gasteiger partial charge in [-0.1, -0.05) is 0 Å². The van der Waals surface area contributed by atoms with Gasteiger partial charge in [0.05, 0.1) is 0 Å². The first-order chi connectivity index (χ1) is 8.04. The van der Waals surface area contributed by atoms with Crippen molar-refractivity contribution in [3.05, 3.63) is 12.2 Å². The van der Waals surface area contributed by atoms with E-state index in [4.69, 9.17) is 10.2 Å². The summed E-state index contributed by atoms with van der Waals surface area (Å²) in [7, 11) is 0. The van der Waals surface area contributed by atoms with Gasteiger partial charge in [0.2, 0.25) is 0 Å². The Morgan fingerprint density at radius 1 is 0.941 bits per heavy atom. The molecule has 0 rings (SSSR count). The van der Waals surface area contributed by atoms with Gasteiger partial charge in [-0.25, -0.2) is 9.59 Å². The molecule has 0 unspecified atom stereocenters. The molecule has 0 atom stereocenters. The summed E-state index contributed by atoms with van der Waals surface area (Å²) < 4.78 is 3.25. The van der Waals surface area contributed by atoms with Crippen LogP contribution in [0.4, 0.5) is 0 Å². The first-order valence-corrected chi connectivity index (χ1v) is 9.92. The van der Waals surface area contributed by atoms with E-state index >= 15 is 0 Å². The van der Waals surface area contributed by atoms with Crippen LogP contribution in [0.5, 0.6) is 0 Å². The Hall–Kier alpha value is -0.521. The van der Waals surface area contributed by atoms with Gasteiger partial charge in [-0.05, 0) is 0 Å². The third-order valence-corrected chi connectivity index (χ3v) is 5.82. The minimum absolute atomic E-state index is 0.149. The topological polar surface area (TPSA) is 74.6 Å². The molecule has 17 heavy (non-hydrogen) atoms. The van der Waals surface area contributed by atoms with Gasteiger partial charge in [0, 0.05) is 12.2 Å². The van der Waals surface area contributed by atoms with E-state index in [2.05, 4.69) is 13.8 Å². The number of carboxylic acids is 2. The Morgan fingerprint density at radius 3 is 1.53 bits per heavy atom. The van der Waals surface area contributed by atoms with Crippen LogP contribution in [0.2, 0.25) is 8.87 Å². The molecule has 0 saturated carbocycles. The Labute approximate surface area is 113 Å². The largest absolute Gasteiger partial charge is 0.478 e. The minimum atomic E-state index is -1.26. The van der Waals surface area contributed by atoms with Gasteiger partial charge >= 0.3 is 81.5 Å². The van der Waals surface area contributed by atoms with Crippen LogP contribution in [0, 0.1) is 0 Å². The first-order valence-electron chi connectivity index (χ1n) is 5.89. The van der Waals surface area contributed by atoms with Crippen molar-refractivity contribution in [3.63, 3.8) is 0 Å². The van der Waals surface area contributed by atoms with Crippen LogP contribution >= 0.6 is 0 Å². The smallest absolute Gasteiger partial charge is 0.328 e. The number of carboxylic acid groups (broad SMARTS) is 2. The molecular formula is C12H22O4Sn. The fraction of sp³-hybridized carbons (Fsp3) is 0.667. The standard InChI is InChI=1S/C4H4O4.2C4H9.Sn/c5-3(6)1-2-4(7)8;2*1-3-4-2;/h1-2H,(H,5,6)(H,7,8);2*1,3-4H2,2H3;. The van der Waals surface area contributed by atoms with Crippen LogP contribution in [0.1, 0.15) is 39.5 Å². The SMILES string of the molecule is CCC[CH2][Sn][CH2]CCC.O=C(O)C=CC(=O)O. The van der Waals surface area contributed by atoms with Crippen molar-refractivity contribution in [2.45, 2.75) is 48.4 Å². The summed E-state index contributed by atoms with van der Waals surface area (Å²) in [5, 5.41) is 15.6. The molecule has 0 aliphatic rings. The zero-order valence-electron chi connectivity index (χ0n) is 10.6. The Bertz CT molecular complexity index is 205. The van der Waals surface area contributed by atoms with E-state index < -0.39 is 11.9 Å². The van der Waals surface area contributed by atoms with Gasteiger partial charge in [0.15, 0.2) is 0 Å². The zero-order chi connectivity index (χ0) is 13.5. The van der Waals surface area contributed by atoms with Gasteiger partial charge in [0.25, 0.3) is 0 Å². The predicted molar refractivity (Wildman–Crippen MR) is 69.6 cm³/mol. The molecule has 4 nitrogen and oxygen atoms in total. The Balaban J connectivity index is 0. The quantitative estimate of drug-likeness (QED) is 0.402. The van der Waals surface area contributed by atoms with E-state index in [0.29, 0.717) is 12.2 Å². The normalized spacial score (nSPS) is 9.76. The summed E-state index contributed by atoms with van der Waals surface area (Å²) in [5.74, 6) is -2.51. The van der Waals surface area contributed by atoms with Gasteiger partial charge in [-0.15, -0.1) is 0 Å². The first kappa shape index (κ1) is 18.8. The predicted octanol–water partition coefficient (Wildman–Crippen LogP) is 2.84. The molecule has 98 valence electrons. The van der Waals surface area contributed by atoms with Crippen molar-refractivity contribution in [1.29, 1.82) is 0 Å². The summed E-state index contributed by atoms with van der Waals surface area (Å²) in [6.07, 6.45) is 6.95. The van der Waals surface area contributed by atoms with E-state index in [9.17, 15) is 9.59 Å². The van der Waals surface area contributed by atoms with Gasteiger partial charge in [-0.3, -0.25) is 0 Å². The fourth-order valence-corrected chi connectivity index (χ4v) is 5.03. The third-order valence-electron chi connectivity index (χ3n) is 1.78. The molecule has 0 aliphatic carbocycles. The number of carbonyl (C=O) groups is 2. The summed E-state index contributed by atoms with van der Waals surface area (Å²) in [4.78, 5) is 19.1. The third kappa shape index (κ3) is 25.6. The molecule has 0 aromatic heterocycles. The summed E-state index contributed by atoms with van der Waals surface area (Å²) in [5.41, 5.74) is 0. The molecule has 0 aromatic rings. The number of aliphatic carboxylic acids is 2. The summed E-state index contributed by atoms with van der Waals surface area (Å²) >= 11 is 0.149. The van der Waals surface area contributed by atoms with Crippen molar-refractivity contribution in [2.75, 3.05) is 0 Å². The second-order valence-corrected chi connectivity index (χ2v) is 7.75. The number of unbranched alkanes of at least 4 members (excludes halogenated alkanes) is 2. The molecular weight excluding hydrogens is 327 g/mol. The van der Waals surface area contributed by atoms with Crippen LogP contribution < -0.4 is 0 Å². The molecule has 0 bridgehead atoms. The van der Waals surface area contributed by atoms with E-state index in [1.807, 2.05) is 0 Å². The zero-order valence-corrected chi connectivity index (χ0v) is 13.5. The van der Waals surface area contributed by atoms with E-state index in [1.165, 1.54) is 25.7 Å². The Kier molecular flexibility index (Phi) is 17.1. The minimum Gasteiger partial charge on any atom is -0.478 e. The molecule has 2 N–H and O–H groups in total. The molecule has 0 heterocycles. The monoisotopic (exact) mass is 350 g/mol. The maximum Gasteiger partial charge on any atom is 0.328 e. The summed E-state index contributed by atoms with van der Waals surface area (Å²) in [6.45, 7) is 4.58. The second kappa shape index (κ2) is 15.5. The van der Waals surface area contributed by atoms with Gasteiger partial charge < -0.3 is 10.2 Å². The van der Waals surface area contributed by atoms with E-state index in [1.54, 1.807) is 8.87 Å². The fourth-order valence-electron chi connectivity index (χ4n) is 0.871. The number of hydrogen-bond acceptors (Lipinski definition) is 2. The summed E-state index contributed by atoms with van der Waals surface area (Å²) in [6, 6.07) is 0. The van der Waals surface area contributed by atoms with Crippen molar-refractivity contribution in [3.8, 4) is 0 Å². The average Bonchev–Trinajstić information content (AvgIpc) is 2.27. The van der Waals surface area contributed by atoms with Crippen molar-refractivity contribution < 1.29 is 19.8 Å².